The Kier molecular flexibility index (Phi) is 5.86. The van der Waals surface area contributed by atoms with Crippen molar-refractivity contribution in [3.63, 3.8) is 0 Å². The molecule has 3 rings (SSSR count). The van der Waals surface area contributed by atoms with E-state index >= 15 is 0 Å². The number of methoxy groups -OCH3 is 1. The van der Waals surface area contributed by atoms with Crippen LogP contribution < -0.4 is 10.5 Å². The molecule has 2 aromatic carbocycles. The Morgan fingerprint density at radius 1 is 1.11 bits per heavy atom. The van der Waals surface area contributed by atoms with Gasteiger partial charge in [-0.25, -0.2) is 9.48 Å². The van der Waals surface area contributed by atoms with E-state index in [0.29, 0.717) is 11.3 Å². The Bertz CT molecular complexity index is 992. The van der Waals surface area contributed by atoms with Crippen LogP contribution in [0.15, 0.2) is 66.9 Å². The number of primary amides is 1. The molecule has 1 aromatic heterocycles. The molecule has 28 heavy (non-hydrogen) atoms. The number of ether oxygens (including phenoxy) is 2. The molecule has 0 aliphatic carbocycles. The van der Waals surface area contributed by atoms with Crippen LogP contribution in [0.5, 0.6) is 5.75 Å². The van der Waals surface area contributed by atoms with Crippen molar-refractivity contribution >= 4 is 18.0 Å². The van der Waals surface area contributed by atoms with Crippen LogP contribution in [0, 0.1) is 0 Å². The van der Waals surface area contributed by atoms with Crippen LogP contribution in [0.25, 0.3) is 23.0 Å². The van der Waals surface area contributed by atoms with Crippen molar-refractivity contribution in [2.24, 2.45) is 5.73 Å². The Hall–Kier alpha value is -3.87. The number of hydrogen-bond donors (Lipinski definition) is 1. The Morgan fingerprint density at radius 3 is 2.46 bits per heavy atom. The molecule has 0 atom stereocenters. The number of esters is 1. The molecule has 7 heteroatoms. The summed E-state index contributed by atoms with van der Waals surface area (Å²) in [6.45, 7) is -0.461. The van der Waals surface area contributed by atoms with Gasteiger partial charge < -0.3 is 15.2 Å². The molecule has 7 nitrogen and oxygen atoms in total. The summed E-state index contributed by atoms with van der Waals surface area (Å²) in [7, 11) is 1.60. The van der Waals surface area contributed by atoms with Crippen LogP contribution in [-0.2, 0) is 14.3 Å². The fraction of sp³-hybridized carbons (Fsp3) is 0.0952. The molecule has 1 amide bonds. The third-order valence-corrected chi connectivity index (χ3v) is 3.88. The average molecular weight is 377 g/mol. The summed E-state index contributed by atoms with van der Waals surface area (Å²) < 4.78 is 11.7. The molecule has 142 valence electrons. The van der Waals surface area contributed by atoms with Gasteiger partial charge >= 0.3 is 5.97 Å². The maximum Gasteiger partial charge on any atom is 0.331 e. The second kappa shape index (κ2) is 8.68. The quantitative estimate of drug-likeness (QED) is 0.504. The lowest BCUT2D eigenvalue weighted by Gasteiger charge is -2.02. The highest BCUT2D eigenvalue weighted by Gasteiger charge is 2.11. The van der Waals surface area contributed by atoms with Crippen molar-refractivity contribution in [1.29, 1.82) is 0 Å². The maximum atomic E-state index is 11.8. The molecule has 0 aliphatic heterocycles. The van der Waals surface area contributed by atoms with E-state index in [-0.39, 0.29) is 0 Å². The van der Waals surface area contributed by atoms with E-state index in [1.54, 1.807) is 17.9 Å². The second-order valence-electron chi connectivity index (χ2n) is 5.85. The van der Waals surface area contributed by atoms with Crippen molar-refractivity contribution in [2.75, 3.05) is 13.7 Å². The van der Waals surface area contributed by atoms with E-state index in [9.17, 15) is 9.59 Å². The molecule has 0 spiro atoms. The van der Waals surface area contributed by atoms with E-state index < -0.39 is 18.5 Å². The third kappa shape index (κ3) is 4.64. The summed E-state index contributed by atoms with van der Waals surface area (Å²) in [5, 5.41) is 4.66. The summed E-state index contributed by atoms with van der Waals surface area (Å²) in [6.07, 6.45) is 4.64. The van der Waals surface area contributed by atoms with Crippen LogP contribution in [0.2, 0.25) is 0 Å². The van der Waals surface area contributed by atoms with E-state index in [2.05, 4.69) is 5.10 Å². The van der Waals surface area contributed by atoms with Gasteiger partial charge in [0.2, 0.25) is 0 Å². The molecule has 0 saturated carbocycles. The lowest BCUT2D eigenvalue weighted by atomic mass is 10.1. The predicted octanol–water partition coefficient (Wildman–Crippen LogP) is 2.59. The monoisotopic (exact) mass is 377 g/mol. The maximum absolute atomic E-state index is 11.8. The molecule has 3 aromatic rings. The number of para-hydroxylation sites is 1. The number of amides is 1. The first kappa shape index (κ1) is 18.9. The number of carbonyl (C=O) groups excluding carboxylic acids is 2. The van der Waals surface area contributed by atoms with Gasteiger partial charge in [0.05, 0.1) is 18.5 Å². The third-order valence-electron chi connectivity index (χ3n) is 3.88. The zero-order chi connectivity index (χ0) is 19.9. The van der Waals surface area contributed by atoms with E-state index in [1.807, 2.05) is 60.8 Å². The number of nitrogens with two attached hydrogens (primary N) is 1. The van der Waals surface area contributed by atoms with Crippen molar-refractivity contribution < 1.29 is 19.1 Å². The summed E-state index contributed by atoms with van der Waals surface area (Å²) in [5.41, 5.74) is 8.12. The summed E-state index contributed by atoms with van der Waals surface area (Å²) in [4.78, 5) is 22.5. The van der Waals surface area contributed by atoms with Gasteiger partial charge in [0.15, 0.2) is 6.61 Å². The zero-order valence-corrected chi connectivity index (χ0v) is 15.2. The lowest BCUT2D eigenvalue weighted by Crippen LogP contribution is -2.19. The van der Waals surface area contributed by atoms with Gasteiger partial charge in [0, 0.05) is 23.4 Å². The number of carbonyl (C=O) groups is 2. The van der Waals surface area contributed by atoms with Gasteiger partial charge in [0.1, 0.15) is 5.75 Å². The van der Waals surface area contributed by atoms with Crippen molar-refractivity contribution in [3.05, 3.63) is 72.4 Å². The van der Waals surface area contributed by atoms with E-state index in [0.717, 1.165) is 17.0 Å². The lowest BCUT2D eigenvalue weighted by molar-refractivity contribution is -0.142. The minimum atomic E-state index is -0.711. The fourth-order valence-corrected chi connectivity index (χ4v) is 2.54. The first-order valence-corrected chi connectivity index (χ1v) is 8.49. The molecule has 0 radical (unpaired) electrons. The standard InChI is InChI=1S/C21H19N3O4/c1-27-18-10-7-15(8-11-18)21-16(9-12-20(26)28-14-19(22)25)13-24(23-21)17-5-3-2-4-6-17/h2-13H,14H2,1H3,(H2,22,25)/b12-9+. The van der Waals surface area contributed by atoms with Gasteiger partial charge in [-0.05, 0) is 42.5 Å². The van der Waals surface area contributed by atoms with Gasteiger partial charge in [-0.1, -0.05) is 18.2 Å². The van der Waals surface area contributed by atoms with E-state index in [4.69, 9.17) is 15.2 Å². The Labute approximate surface area is 162 Å². The first-order valence-electron chi connectivity index (χ1n) is 8.49. The van der Waals surface area contributed by atoms with Gasteiger partial charge in [0.25, 0.3) is 5.91 Å². The normalized spacial score (nSPS) is 10.8. The number of rotatable bonds is 7. The minimum Gasteiger partial charge on any atom is -0.497 e. The molecule has 2 N–H and O–H groups in total. The second-order valence-corrected chi connectivity index (χ2v) is 5.85. The predicted molar refractivity (Wildman–Crippen MR) is 105 cm³/mol. The highest BCUT2D eigenvalue weighted by atomic mass is 16.5. The van der Waals surface area contributed by atoms with Crippen molar-refractivity contribution in [1.82, 2.24) is 9.78 Å². The smallest absolute Gasteiger partial charge is 0.331 e. The molecule has 0 fully saturated rings. The van der Waals surface area contributed by atoms with Crippen molar-refractivity contribution in [3.8, 4) is 22.7 Å². The molecular formula is C21H19N3O4. The van der Waals surface area contributed by atoms with Crippen LogP contribution in [-0.4, -0.2) is 35.4 Å². The van der Waals surface area contributed by atoms with Crippen LogP contribution in [0.3, 0.4) is 0 Å². The Balaban J connectivity index is 1.95. The highest BCUT2D eigenvalue weighted by molar-refractivity contribution is 5.90. The summed E-state index contributed by atoms with van der Waals surface area (Å²) in [5.74, 6) is -0.636. The topological polar surface area (TPSA) is 96.4 Å². The van der Waals surface area contributed by atoms with Gasteiger partial charge in [-0.2, -0.15) is 5.10 Å². The molecular weight excluding hydrogens is 358 g/mol. The number of hydrogen-bond acceptors (Lipinski definition) is 5. The molecule has 0 aliphatic rings. The number of nitrogens with zero attached hydrogens (tertiary/aromatic N) is 2. The van der Waals surface area contributed by atoms with Crippen molar-refractivity contribution in [2.45, 2.75) is 0 Å². The molecule has 1 heterocycles. The highest BCUT2D eigenvalue weighted by Crippen LogP contribution is 2.26. The van der Waals surface area contributed by atoms with Crippen LogP contribution >= 0.6 is 0 Å². The fourth-order valence-electron chi connectivity index (χ4n) is 2.54. The van der Waals surface area contributed by atoms with Gasteiger partial charge in [-0.15, -0.1) is 0 Å². The molecule has 0 bridgehead atoms. The van der Waals surface area contributed by atoms with E-state index in [1.165, 1.54) is 6.08 Å². The minimum absolute atomic E-state index is 0.461. The molecule has 0 saturated heterocycles. The van der Waals surface area contributed by atoms with Crippen LogP contribution in [0.1, 0.15) is 5.56 Å². The Morgan fingerprint density at radius 2 is 1.82 bits per heavy atom. The van der Waals surface area contributed by atoms with Crippen LogP contribution in [0.4, 0.5) is 0 Å². The number of benzene rings is 2. The average Bonchev–Trinajstić information content (AvgIpc) is 3.15. The van der Waals surface area contributed by atoms with Gasteiger partial charge in [-0.3, -0.25) is 4.79 Å². The summed E-state index contributed by atoms with van der Waals surface area (Å²) >= 11 is 0. The first-order chi connectivity index (χ1) is 13.6. The largest absolute Gasteiger partial charge is 0.497 e. The zero-order valence-electron chi connectivity index (χ0n) is 15.2. The SMILES string of the molecule is COc1ccc(-c2nn(-c3ccccc3)cc2/C=C/C(=O)OCC(N)=O)cc1. The summed E-state index contributed by atoms with van der Waals surface area (Å²) in [6, 6.07) is 17.1. The molecule has 0 unspecified atom stereocenters. The number of aromatic nitrogens is 2.